The highest BCUT2D eigenvalue weighted by molar-refractivity contribution is 6.17. The van der Waals surface area contributed by atoms with Crippen molar-refractivity contribution in [1.82, 2.24) is 4.98 Å². The molecule has 20 heavy (non-hydrogen) atoms. The molecule has 0 atom stereocenters. The van der Waals surface area contributed by atoms with Gasteiger partial charge in [-0.2, -0.15) is 0 Å². The van der Waals surface area contributed by atoms with Crippen LogP contribution in [0.3, 0.4) is 0 Å². The molecule has 0 bridgehead atoms. The van der Waals surface area contributed by atoms with Gasteiger partial charge in [-0.05, 0) is 26.0 Å². The van der Waals surface area contributed by atoms with Gasteiger partial charge in [0, 0.05) is 24.0 Å². The van der Waals surface area contributed by atoms with Gasteiger partial charge in [0.25, 0.3) is 0 Å². The maximum Gasteiger partial charge on any atom is 0.133 e. The van der Waals surface area contributed by atoms with Crippen molar-refractivity contribution in [3.8, 4) is 0 Å². The van der Waals surface area contributed by atoms with E-state index in [2.05, 4.69) is 30.9 Å². The quantitative estimate of drug-likeness (QED) is 0.791. The van der Waals surface area contributed by atoms with Crippen LogP contribution >= 0.6 is 11.6 Å². The minimum Gasteiger partial charge on any atom is -0.372 e. The Labute approximate surface area is 124 Å². The number of anilines is 1. The van der Waals surface area contributed by atoms with Crippen LogP contribution in [0.5, 0.6) is 0 Å². The van der Waals surface area contributed by atoms with Crippen LogP contribution in [-0.4, -0.2) is 30.3 Å². The van der Waals surface area contributed by atoms with Crippen LogP contribution in [0.4, 0.5) is 5.82 Å². The van der Waals surface area contributed by atoms with Crippen LogP contribution in [-0.2, 0) is 10.6 Å². The van der Waals surface area contributed by atoms with Gasteiger partial charge in [0.15, 0.2) is 0 Å². The standard InChI is InChI=1S/C16H19ClN2O/c1-16(2)11-19(7-8-20-16)15-13(10-17)9-12-5-3-4-6-14(12)18-15/h3-6,9H,7-8,10-11H2,1-2H3. The maximum absolute atomic E-state index is 6.12. The van der Waals surface area contributed by atoms with E-state index in [1.807, 2.05) is 18.2 Å². The molecule has 3 nitrogen and oxygen atoms in total. The number of ether oxygens (including phenoxy) is 1. The summed E-state index contributed by atoms with van der Waals surface area (Å²) in [6, 6.07) is 10.3. The Kier molecular flexibility index (Phi) is 3.57. The van der Waals surface area contributed by atoms with Crippen LogP contribution in [0.15, 0.2) is 30.3 Å². The fourth-order valence-electron chi connectivity index (χ4n) is 2.72. The number of pyridine rings is 1. The topological polar surface area (TPSA) is 25.4 Å². The highest BCUT2D eigenvalue weighted by Crippen LogP contribution is 2.28. The Morgan fingerprint density at radius 2 is 2.15 bits per heavy atom. The van der Waals surface area contributed by atoms with Crippen LogP contribution in [0.1, 0.15) is 19.4 Å². The van der Waals surface area contributed by atoms with Crippen LogP contribution in [0, 0.1) is 0 Å². The zero-order valence-corrected chi connectivity index (χ0v) is 12.7. The van der Waals surface area contributed by atoms with E-state index in [0.29, 0.717) is 5.88 Å². The lowest BCUT2D eigenvalue weighted by Crippen LogP contribution is -2.48. The SMILES string of the molecule is CC1(C)CN(c2nc3ccccc3cc2CCl)CCO1. The summed E-state index contributed by atoms with van der Waals surface area (Å²) in [4.78, 5) is 7.11. The average Bonchev–Trinajstić information content (AvgIpc) is 2.44. The highest BCUT2D eigenvalue weighted by atomic mass is 35.5. The summed E-state index contributed by atoms with van der Waals surface area (Å²) in [6.07, 6.45) is 0. The van der Waals surface area contributed by atoms with Gasteiger partial charge in [0.05, 0.1) is 23.6 Å². The summed E-state index contributed by atoms with van der Waals surface area (Å²) in [5.74, 6) is 1.47. The third-order valence-corrected chi connectivity index (χ3v) is 3.94. The molecule has 0 spiro atoms. The van der Waals surface area contributed by atoms with Crippen molar-refractivity contribution in [1.29, 1.82) is 0 Å². The monoisotopic (exact) mass is 290 g/mol. The fourth-order valence-corrected chi connectivity index (χ4v) is 2.92. The normalized spacial score (nSPS) is 18.4. The first-order chi connectivity index (χ1) is 9.59. The number of morpholine rings is 1. The van der Waals surface area contributed by atoms with E-state index >= 15 is 0 Å². The van der Waals surface area contributed by atoms with Gasteiger partial charge in [-0.3, -0.25) is 0 Å². The molecule has 106 valence electrons. The Hall–Kier alpha value is -1.32. The summed E-state index contributed by atoms with van der Waals surface area (Å²) < 4.78 is 5.78. The lowest BCUT2D eigenvalue weighted by atomic mass is 10.1. The zero-order valence-electron chi connectivity index (χ0n) is 11.9. The average molecular weight is 291 g/mol. The number of para-hydroxylation sites is 1. The Morgan fingerprint density at radius 3 is 2.90 bits per heavy atom. The summed E-state index contributed by atoms with van der Waals surface area (Å²) in [5, 5.41) is 1.14. The molecule has 0 saturated carbocycles. The summed E-state index contributed by atoms with van der Waals surface area (Å²) in [7, 11) is 0. The second-order valence-corrected chi connectivity index (χ2v) is 6.09. The van der Waals surface area contributed by atoms with Crippen LogP contribution in [0.2, 0.25) is 0 Å². The Bertz CT molecular complexity index is 627. The van der Waals surface area contributed by atoms with Gasteiger partial charge in [-0.1, -0.05) is 18.2 Å². The fraction of sp³-hybridized carbons (Fsp3) is 0.438. The van der Waals surface area contributed by atoms with E-state index in [0.717, 1.165) is 42.0 Å². The predicted octanol–water partition coefficient (Wildman–Crippen LogP) is 3.59. The Morgan fingerprint density at radius 1 is 1.35 bits per heavy atom. The van der Waals surface area contributed by atoms with E-state index < -0.39 is 0 Å². The van der Waals surface area contributed by atoms with Gasteiger partial charge < -0.3 is 9.64 Å². The van der Waals surface area contributed by atoms with E-state index in [1.165, 1.54) is 0 Å². The first-order valence-electron chi connectivity index (χ1n) is 6.93. The molecule has 1 saturated heterocycles. The molecule has 1 aliphatic heterocycles. The number of aromatic nitrogens is 1. The molecule has 2 aromatic rings. The molecule has 0 amide bonds. The molecular weight excluding hydrogens is 272 g/mol. The number of hydrogen-bond acceptors (Lipinski definition) is 3. The lowest BCUT2D eigenvalue weighted by Gasteiger charge is -2.39. The van der Waals surface area contributed by atoms with E-state index in [1.54, 1.807) is 0 Å². The van der Waals surface area contributed by atoms with Crippen LogP contribution < -0.4 is 4.90 Å². The van der Waals surface area contributed by atoms with Gasteiger partial charge >= 0.3 is 0 Å². The number of fused-ring (bicyclic) bond motifs is 1. The van der Waals surface area contributed by atoms with Gasteiger partial charge in [0.1, 0.15) is 5.82 Å². The number of nitrogens with zero attached hydrogens (tertiary/aromatic N) is 2. The molecule has 0 N–H and O–H groups in total. The van der Waals surface area contributed by atoms with E-state index in [9.17, 15) is 0 Å². The third kappa shape index (κ3) is 2.60. The first-order valence-corrected chi connectivity index (χ1v) is 7.46. The zero-order chi connectivity index (χ0) is 14.2. The molecule has 3 rings (SSSR count). The molecule has 2 heterocycles. The number of alkyl halides is 1. The van der Waals surface area contributed by atoms with Gasteiger partial charge in [-0.15, -0.1) is 11.6 Å². The lowest BCUT2D eigenvalue weighted by molar-refractivity contribution is -0.0279. The van der Waals surface area contributed by atoms with Crippen molar-refractivity contribution < 1.29 is 4.74 Å². The molecule has 0 aliphatic carbocycles. The largest absolute Gasteiger partial charge is 0.372 e. The third-order valence-electron chi connectivity index (χ3n) is 3.65. The molecule has 1 aromatic carbocycles. The molecule has 1 aliphatic rings. The minimum atomic E-state index is -0.144. The van der Waals surface area contributed by atoms with Crippen molar-refractivity contribution in [3.63, 3.8) is 0 Å². The number of halogens is 1. The van der Waals surface area contributed by atoms with Gasteiger partial charge in [0.2, 0.25) is 0 Å². The predicted molar refractivity (Wildman–Crippen MR) is 83.5 cm³/mol. The summed E-state index contributed by atoms with van der Waals surface area (Å²) >= 11 is 6.12. The second-order valence-electron chi connectivity index (χ2n) is 5.83. The molecule has 4 heteroatoms. The summed E-state index contributed by atoms with van der Waals surface area (Å²) in [6.45, 7) is 6.64. The molecule has 0 radical (unpaired) electrons. The van der Waals surface area contributed by atoms with Crippen molar-refractivity contribution >= 4 is 28.3 Å². The molecule has 1 fully saturated rings. The van der Waals surface area contributed by atoms with Crippen LogP contribution in [0.25, 0.3) is 10.9 Å². The Balaban J connectivity index is 2.05. The molecule has 1 aromatic heterocycles. The minimum absolute atomic E-state index is 0.144. The van der Waals surface area contributed by atoms with Gasteiger partial charge in [-0.25, -0.2) is 4.98 Å². The smallest absolute Gasteiger partial charge is 0.133 e. The summed E-state index contributed by atoms with van der Waals surface area (Å²) in [5.41, 5.74) is 1.96. The maximum atomic E-state index is 6.12. The number of hydrogen-bond donors (Lipinski definition) is 0. The number of rotatable bonds is 2. The van der Waals surface area contributed by atoms with Crippen molar-refractivity contribution in [2.45, 2.75) is 25.3 Å². The van der Waals surface area contributed by atoms with Crippen molar-refractivity contribution in [2.24, 2.45) is 0 Å². The van der Waals surface area contributed by atoms with E-state index in [4.69, 9.17) is 21.3 Å². The van der Waals surface area contributed by atoms with E-state index in [-0.39, 0.29) is 5.60 Å². The molecule has 0 unspecified atom stereocenters. The van der Waals surface area contributed by atoms with Crippen molar-refractivity contribution in [3.05, 3.63) is 35.9 Å². The first kappa shape index (κ1) is 13.7. The highest BCUT2D eigenvalue weighted by Gasteiger charge is 2.29. The second kappa shape index (κ2) is 5.23. The number of benzene rings is 1. The molecular formula is C16H19ClN2O. The van der Waals surface area contributed by atoms with Crippen molar-refractivity contribution in [2.75, 3.05) is 24.6 Å².